The minimum Gasteiger partial charge on any atom is -0.200 e. The first-order valence-corrected chi connectivity index (χ1v) is 19.6. The van der Waals surface area contributed by atoms with Gasteiger partial charge in [0.25, 0.3) is 0 Å². The monoisotopic (exact) mass is 584 g/mol. The van der Waals surface area contributed by atoms with Gasteiger partial charge in [-0.3, -0.25) is 0 Å². The fourth-order valence-corrected chi connectivity index (χ4v) is 7.76. The molecule has 0 unspecified atom stereocenters. The molecule has 0 bridgehead atoms. The largest absolute Gasteiger partial charge is 0.212 e. The summed E-state index contributed by atoms with van der Waals surface area (Å²) in [5.74, 6) is 1.28. The van der Waals surface area contributed by atoms with Gasteiger partial charge in [-0.05, 0) is 86.5 Å². The van der Waals surface area contributed by atoms with Crippen molar-refractivity contribution in [3.8, 4) is 33.5 Å². The fraction of sp³-hybridized carbons (Fsp3) is 0.341. The van der Waals surface area contributed by atoms with Crippen molar-refractivity contribution in [1.82, 2.24) is 0 Å². The van der Waals surface area contributed by atoms with Gasteiger partial charge in [-0.15, -0.1) is 0 Å². The van der Waals surface area contributed by atoms with Gasteiger partial charge in [-0.25, -0.2) is 4.57 Å². The van der Waals surface area contributed by atoms with Crippen molar-refractivity contribution in [3.05, 3.63) is 107 Å². The highest BCUT2D eigenvalue weighted by atomic mass is 28.3. The molecule has 222 valence electrons. The quantitative estimate of drug-likeness (QED) is 0.132. The van der Waals surface area contributed by atoms with Gasteiger partial charge in [-0.1, -0.05) is 127 Å². The molecule has 4 aromatic carbocycles. The molecule has 1 aromatic heterocycles. The Morgan fingerprint density at radius 1 is 0.581 bits per heavy atom. The molecular formula is C41H50NSi+. The molecule has 0 aliphatic rings. The van der Waals surface area contributed by atoms with Gasteiger partial charge in [0.1, 0.15) is 7.05 Å². The predicted octanol–water partition coefficient (Wildman–Crippen LogP) is 10.9. The maximum absolute atomic E-state index is 2.45. The van der Waals surface area contributed by atoms with Crippen LogP contribution in [0.15, 0.2) is 85.1 Å². The zero-order valence-electron chi connectivity index (χ0n) is 28.3. The van der Waals surface area contributed by atoms with E-state index in [1.807, 2.05) is 0 Å². The topological polar surface area (TPSA) is 3.88 Å². The van der Waals surface area contributed by atoms with E-state index in [2.05, 4.69) is 165 Å². The van der Waals surface area contributed by atoms with Crippen LogP contribution in [0.3, 0.4) is 0 Å². The third-order valence-corrected chi connectivity index (χ3v) is 11.3. The van der Waals surface area contributed by atoms with Crippen LogP contribution in [-0.4, -0.2) is 8.07 Å². The van der Waals surface area contributed by atoms with Crippen LogP contribution >= 0.6 is 0 Å². The first-order chi connectivity index (χ1) is 20.3. The number of rotatable bonds is 7. The third kappa shape index (κ3) is 6.00. The van der Waals surface area contributed by atoms with Gasteiger partial charge in [-0.2, -0.15) is 0 Å². The molecule has 5 rings (SSSR count). The number of fused-ring (bicyclic) bond motifs is 1. The van der Waals surface area contributed by atoms with Gasteiger partial charge in [0.15, 0.2) is 6.20 Å². The summed E-state index contributed by atoms with van der Waals surface area (Å²) in [6, 6.07) is 30.3. The van der Waals surface area contributed by atoms with Crippen molar-refractivity contribution in [2.24, 2.45) is 7.05 Å². The van der Waals surface area contributed by atoms with Crippen LogP contribution in [0.5, 0.6) is 0 Å². The minimum absolute atomic E-state index is 0.412. The second kappa shape index (κ2) is 11.9. The highest BCUT2D eigenvalue weighted by Crippen LogP contribution is 2.40. The van der Waals surface area contributed by atoms with Crippen molar-refractivity contribution in [3.63, 3.8) is 0 Å². The lowest BCUT2D eigenvalue weighted by Gasteiger charge is -2.22. The summed E-state index contributed by atoms with van der Waals surface area (Å²) in [5.41, 5.74) is 13.5. The highest BCUT2D eigenvalue weighted by molar-refractivity contribution is 6.88. The van der Waals surface area contributed by atoms with E-state index < -0.39 is 8.07 Å². The van der Waals surface area contributed by atoms with Crippen LogP contribution in [0.25, 0.3) is 44.3 Å². The van der Waals surface area contributed by atoms with Gasteiger partial charge < -0.3 is 0 Å². The van der Waals surface area contributed by atoms with Crippen molar-refractivity contribution in [2.75, 3.05) is 0 Å². The van der Waals surface area contributed by atoms with E-state index in [9.17, 15) is 0 Å². The predicted molar refractivity (Wildman–Crippen MR) is 191 cm³/mol. The SMILES string of the molecule is Cc1c(-c2ccc(-c3c(C(C)C)cc(-c4ccc([Si](C)(C)C)cc4)cc3C(C)C)c[n+]2C)cc(C(C)C)c2ccccc12. The molecule has 2 heteroatoms. The van der Waals surface area contributed by atoms with Crippen LogP contribution in [0, 0.1) is 6.92 Å². The Labute approximate surface area is 261 Å². The van der Waals surface area contributed by atoms with E-state index in [1.54, 1.807) is 0 Å². The summed E-state index contributed by atoms with van der Waals surface area (Å²) >= 11 is 0. The van der Waals surface area contributed by atoms with Crippen molar-refractivity contribution in [1.29, 1.82) is 0 Å². The average Bonchev–Trinajstić information content (AvgIpc) is 2.96. The number of benzene rings is 4. The molecule has 43 heavy (non-hydrogen) atoms. The van der Waals surface area contributed by atoms with Gasteiger partial charge >= 0.3 is 0 Å². The van der Waals surface area contributed by atoms with E-state index in [0.29, 0.717) is 17.8 Å². The molecule has 0 amide bonds. The molecule has 0 aliphatic heterocycles. The molecule has 0 radical (unpaired) electrons. The minimum atomic E-state index is -1.33. The van der Waals surface area contributed by atoms with Crippen LogP contribution < -0.4 is 9.75 Å². The zero-order valence-corrected chi connectivity index (χ0v) is 29.3. The van der Waals surface area contributed by atoms with Gasteiger partial charge in [0, 0.05) is 17.2 Å². The normalized spacial score (nSPS) is 12.2. The summed E-state index contributed by atoms with van der Waals surface area (Å²) in [4.78, 5) is 0. The number of aromatic nitrogens is 1. The molecule has 0 atom stereocenters. The molecule has 0 spiro atoms. The maximum atomic E-state index is 2.45. The second-order valence-corrected chi connectivity index (χ2v) is 19.5. The number of hydrogen-bond donors (Lipinski definition) is 0. The summed E-state index contributed by atoms with van der Waals surface area (Å²) < 4.78 is 2.34. The number of hydrogen-bond acceptors (Lipinski definition) is 0. The molecule has 0 fully saturated rings. The summed E-state index contributed by atoms with van der Waals surface area (Å²) in [6.45, 7) is 23.5. The third-order valence-electron chi connectivity index (χ3n) is 9.19. The van der Waals surface area contributed by atoms with Crippen molar-refractivity contribution in [2.45, 2.75) is 85.9 Å². The van der Waals surface area contributed by atoms with Crippen LogP contribution in [0.2, 0.25) is 19.6 Å². The number of pyridine rings is 1. The first kappa shape index (κ1) is 30.9. The Morgan fingerprint density at radius 3 is 1.63 bits per heavy atom. The Bertz CT molecular complexity index is 1750. The summed E-state index contributed by atoms with van der Waals surface area (Å²) in [5, 5.41) is 4.23. The van der Waals surface area contributed by atoms with Crippen LogP contribution in [0.4, 0.5) is 0 Å². The highest BCUT2D eigenvalue weighted by Gasteiger charge is 2.23. The summed E-state index contributed by atoms with van der Waals surface area (Å²) in [6.07, 6.45) is 2.36. The smallest absolute Gasteiger partial charge is 0.200 e. The van der Waals surface area contributed by atoms with E-state index in [0.717, 1.165) is 0 Å². The lowest BCUT2D eigenvalue weighted by Crippen LogP contribution is -2.37. The molecular weight excluding hydrogens is 535 g/mol. The maximum Gasteiger partial charge on any atom is 0.212 e. The number of aryl methyl sites for hydroxylation is 2. The van der Waals surface area contributed by atoms with Crippen molar-refractivity contribution >= 4 is 24.0 Å². The molecule has 0 aliphatic carbocycles. The van der Waals surface area contributed by atoms with E-state index in [1.165, 1.54) is 71.7 Å². The van der Waals surface area contributed by atoms with E-state index >= 15 is 0 Å². The lowest BCUT2D eigenvalue weighted by molar-refractivity contribution is -0.659. The molecule has 0 saturated heterocycles. The van der Waals surface area contributed by atoms with Crippen molar-refractivity contribution < 1.29 is 4.57 Å². The van der Waals surface area contributed by atoms with Gasteiger partial charge in [0.2, 0.25) is 5.69 Å². The zero-order chi connectivity index (χ0) is 31.2. The summed E-state index contributed by atoms with van der Waals surface area (Å²) in [7, 11) is 0.878. The van der Waals surface area contributed by atoms with Crippen LogP contribution in [0.1, 0.15) is 81.5 Å². The molecule has 1 heterocycles. The van der Waals surface area contributed by atoms with Gasteiger partial charge in [0.05, 0.1) is 8.07 Å². The fourth-order valence-electron chi connectivity index (χ4n) is 6.59. The molecule has 0 N–H and O–H groups in total. The average molecular weight is 585 g/mol. The number of nitrogens with zero attached hydrogens (tertiary/aromatic N) is 1. The standard InChI is InChI=1S/C41H50NSi/c1-26(2)36-24-39(29(7)34-14-12-13-15-35(34)36)40-21-18-31(25-42(40)8)41-37(27(3)4)22-32(23-38(41)28(5)6)30-16-19-33(20-17-30)43(9,10)11/h12-28H,1-11H3/q+1. The lowest BCUT2D eigenvalue weighted by atomic mass is 9.82. The molecule has 1 nitrogen and oxygen atoms in total. The Balaban J connectivity index is 1.66. The van der Waals surface area contributed by atoms with Crippen LogP contribution in [-0.2, 0) is 7.05 Å². The first-order valence-electron chi connectivity index (χ1n) is 16.1. The Morgan fingerprint density at radius 2 is 1.12 bits per heavy atom. The van der Waals surface area contributed by atoms with E-state index in [4.69, 9.17) is 0 Å². The molecule has 0 saturated carbocycles. The molecule has 5 aromatic rings. The Hall–Kier alpha value is -3.49. The Kier molecular flexibility index (Phi) is 8.56. The second-order valence-electron chi connectivity index (χ2n) is 14.4. The van der Waals surface area contributed by atoms with E-state index in [-0.39, 0.29) is 0 Å².